The summed E-state index contributed by atoms with van der Waals surface area (Å²) in [5.74, 6) is -0.339. The fourth-order valence-electron chi connectivity index (χ4n) is 2.20. The van der Waals surface area contributed by atoms with Crippen molar-refractivity contribution in [2.75, 3.05) is 33.1 Å². The van der Waals surface area contributed by atoms with Crippen LogP contribution in [0.5, 0.6) is 0 Å². The van der Waals surface area contributed by atoms with Gasteiger partial charge in [0.15, 0.2) is 0 Å². The van der Waals surface area contributed by atoms with Gasteiger partial charge in [0.25, 0.3) is 5.91 Å². The van der Waals surface area contributed by atoms with Crippen molar-refractivity contribution in [3.05, 3.63) is 42.5 Å². The van der Waals surface area contributed by atoms with Crippen molar-refractivity contribution in [2.24, 2.45) is 7.05 Å². The molecule has 26 heavy (non-hydrogen) atoms. The summed E-state index contributed by atoms with van der Waals surface area (Å²) in [6.45, 7) is 0. The van der Waals surface area contributed by atoms with Crippen molar-refractivity contribution in [1.29, 1.82) is 0 Å². The maximum absolute atomic E-state index is 12.5. The van der Waals surface area contributed by atoms with Crippen molar-refractivity contribution in [3.63, 3.8) is 0 Å². The molecule has 0 radical (unpaired) electrons. The lowest BCUT2D eigenvalue weighted by Gasteiger charge is -2.10. The van der Waals surface area contributed by atoms with Gasteiger partial charge in [-0.25, -0.2) is 0 Å². The lowest BCUT2D eigenvalue weighted by Crippen LogP contribution is -2.51. The summed E-state index contributed by atoms with van der Waals surface area (Å²) in [6, 6.07) is 3.78. The molecule has 2 rings (SSSR count). The number of nitrogens with zero attached hydrogens (tertiary/aromatic N) is 4. The number of aromatic nitrogens is 2. The first kappa shape index (κ1) is 19.4. The number of aryl methyl sites for hydroxylation is 1. The van der Waals surface area contributed by atoms with E-state index in [2.05, 4.69) is 0 Å². The van der Waals surface area contributed by atoms with Crippen molar-refractivity contribution >= 4 is 27.6 Å². The number of sulfonamides is 1. The first-order valence-corrected chi connectivity index (χ1v) is 9.15. The second-order valence-electron chi connectivity index (χ2n) is 6.14. The zero-order chi connectivity index (χ0) is 19.6. The topological polar surface area (TPSA) is 95.6 Å². The molecule has 0 saturated carbocycles. The van der Waals surface area contributed by atoms with Crippen LogP contribution in [-0.2, 0) is 17.1 Å². The molecule has 0 saturated heterocycles. The second kappa shape index (κ2) is 7.16. The maximum Gasteiger partial charge on any atom is 0.511 e. The largest absolute Gasteiger partial charge is 0.511 e. The van der Waals surface area contributed by atoms with E-state index < -0.39 is 16.1 Å². The molecule has 2 aromatic heterocycles. The number of hydrogen-bond donors (Lipinski definition) is 1. The third kappa shape index (κ3) is 4.02. The summed E-state index contributed by atoms with van der Waals surface area (Å²) >= 11 is 0. The summed E-state index contributed by atoms with van der Waals surface area (Å²) < 4.78 is 29.4. The van der Waals surface area contributed by atoms with E-state index in [4.69, 9.17) is 0 Å². The highest BCUT2D eigenvalue weighted by atomic mass is 32.2. The third-order valence-corrected chi connectivity index (χ3v) is 4.99. The molecule has 0 spiro atoms. The Morgan fingerprint density at radius 1 is 1.12 bits per heavy atom. The first-order valence-electron chi connectivity index (χ1n) is 7.66. The van der Waals surface area contributed by atoms with Crippen LogP contribution in [0.25, 0.3) is 0 Å². The molecule has 0 aliphatic rings. The van der Waals surface area contributed by atoms with Crippen LogP contribution in [0.3, 0.4) is 0 Å². The smallest absolute Gasteiger partial charge is 0.377 e. The van der Waals surface area contributed by atoms with E-state index in [9.17, 15) is 18.0 Å². The number of amides is 2. The van der Waals surface area contributed by atoms with Crippen molar-refractivity contribution in [1.82, 2.24) is 14.2 Å². The number of anilines is 1. The van der Waals surface area contributed by atoms with E-state index in [1.165, 1.54) is 34.1 Å². The molecule has 0 aliphatic carbocycles. The Morgan fingerprint density at radius 3 is 2.19 bits per heavy atom. The van der Waals surface area contributed by atoms with Crippen molar-refractivity contribution < 1.29 is 22.6 Å². The zero-order valence-electron chi connectivity index (χ0n) is 15.3. The Balaban J connectivity index is 2.24. The molecule has 2 amide bonds. The van der Waals surface area contributed by atoms with Crippen LogP contribution in [0.1, 0.15) is 10.5 Å². The van der Waals surface area contributed by atoms with Gasteiger partial charge in [-0.3, -0.25) is 4.79 Å². The predicted octanol–water partition coefficient (Wildman–Crippen LogP) is 0.0270. The van der Waals surface area contributed by atoms with E-state index in [0.717, 1.165) is 10.3 Å². The second-order valence-corrected chi connectivity index (χ2v) is 7.82. The number of carbonyl (C=O) groups is 2. The molecule has 0 bridgehead atoms. The third-order valence-electron chi connectivity index (χ3n) is 3.70. The molecule has 2 heterocycles. The van der Waals surface area contributed by atoms with E-state index in [1.807, 2.05) is 23.7 Å². The van der Waals surface area contributed by atoms with Gasteiger partial charge in [0, 0.05) is 59.3 Å². The van der Waals surface area contributed by atoms with E-state index in [0.29, 0.717) is 0 Å². The average Bonchev–Trinajstić information content (AvgIpc) is 2.96. The number of rotatable bonds is 4. The van der Waals surface area contributed by atoms with Gasteiger partial charge in [-0.1, -0.05) is 0 Å². The highest BCUT2D eigenvalue weighted by molar-refractivity contribution is 7.90. The van der Waals surface area contributed by atoms with Crippen LogP contribution < -0.4 is 14.2 Å². The van der Waals surface area contributed by atoms with Crippen molar-refractivity contribution in [2.45, 2.75) is 4.90 Å². The predicted molar refractivity (Wildman–Crippen MR) is 95.5 cm³/mol. The number of pyridine rings is 1. The Labute approximate surface area is 152 Å². The van der Waals surface area contributed by atoms with E-state index in [-0.39, 0.29) is 16.5 Å². The molecular formula is C16H22N5O4S+. The van der Waals surface area contributed by atoms with E-state index in [1.54, 1.807) is 33.3 Å². The van der Waals surface area contributed by atoms with Gasteiger partial charge in [-0.15, -0.1) is 4.72 Å². The Bertz CT molecular complexity index is 930. The minimum Gasteiger partial charge on any atom is -0.377 e. The van der Waals surface area contributed by atoms with Gasteiger partial charge >= 0.3 is 16.1 Å². The quantitative estimate of drug-likeness (QED) is 0.755. The lowest BCUT2D eigenvalue weighted by molar-refractivity contribution is -0.570. The van der Waals surface area contributed by atoms with Gasteiger partial charge in [0.05, 0.1) is 0 Å². The molecule has 0 atom stereocenters. The first-order chi connectivity index (χ1) is 12.0. The van der Waals surface area contributed by atoms with Gasteiger partial charge in [-0.2, -0.15) is 17.8 Å². The maximum atomic E-state index is 12.5. The molecule has 9 nitrogen and oxygen atoms in total. The summed E-state index contributed by atoms with van der Waals surface area (Å²) in [4.78, 5) is 27.3. The van der Waals surface area contributed by atoms with Crippen molar-refractivity contribution in [3.8, 4) is 0 Å². The van der Waals surface area contributed by atoms with Gasteiger partial charge in [-0.05, 0) is 6.07 Å². The molecule has 2 aromatic rings. The van der Waals surface area contributed by atoms with Gasteiger partial charge < -0.3 is 14.4 Å². The minimum absolute atomic E-state index is 0.163. The summed E-state index contributed by atoms with van der Waals surface area (Å²) in [5.41, 5.74) is 1.07. The molecule has 140 valence electrons. The molecule has 10 heteroatoms. The highest BCUT2D eigenvalue weighted by Crippen LogP contribution is 2.14. The number of nitrogens with one attached hydrogen (secondary N) is 1. The molecule has 0 aliphatic heterocycles. The normalized spacial score (nSPS) is 11.1. The Kier molecular flexibility index (Phi) is 5.36. The summed E-state index contributed by atoms with van der Waals surface area (Å²) in [7, 11) is 4.29. The van der Waals surface area contributed by atoms with Gasteiger partial charge in [0.2, 0.25) is 0 Å². The number of hydrogen-bond acceptors (Lipinski definition) is 5. The lowest BCUT2D eigenvalue weighted by atomic mass is 10.4. The standard InChI is InChI=1S/C16H21N5O4S/c1-18(2)12-6-8-21(9-7-12)16(23)17-26(24,25)13-10-14(20(5)11-13)15(22)19(3)4/h6-11H,1-5H3/p+1. The van der Waals surface area contributed by atoms with Crippen LogP contribution in [0.4, 0.5) is 10.5 Å². The zero-order valence-corrected chi connectivity index (χ0v) is 16.1. The molecule has 0 aromatic carbocycles. The van der Waals surface area contributed by atoms with Crippen LogP contribution >= 0.6 is 0 Å². The molecule has 0 unspecified atom stereocenters. The average molecular weight is 380 g/mol. The van der Waals surface area contributed by atoms with Crippen LogP contribution in [-0.4, -0.2) is 58.0 Å². The minimum atomic E-state index is -4.12. The molecule has 1 N–H and O–H groups in total. The SMILES string of the molecule is CN(C)C(=O)c1cc(S(=O)(=O)NC(=O)[n+]2ccc(N(C)C)cc2)cn1C. The fraction of sp³-hybridized carbons (Fsp3) is 0.312. The summed E-state index contributed by atoms with van der Waals surface area (Å²) in [6.07, 6.45) is 4.21. The van der Waals surface area contributed by atoms with Crippen LogP contribution in [0, 0.1) is 0 Å². The Morgan fingerprint density at radius 2 is 1.69 bits per heavy atom. The van der Waals surface area contributed by atoms with Crippen LogP contribution in [0.2, 0.25) is 0 Å². The molecular weight excluding hydrogens is 358 g/mol. The van der Waals surface area contributed by atoms with Crippen LogP contribution in [0.15, 0.2) is 41.7 Å². The fourth-order valence-corrected chi connectivity index (χ4v) is 3.22. The highest BCUT2D eigenvalue weighted by Gasteiger charge is 2.29. The summed E-state index contributed by atoms with van der Waals surface area (Å²) in [5, 5.41) is 0. The van der Waals surface area contributed by atoms with E-state index >= 15 is 0 Å². The monoisotopic (exact) mass is 380 g/mol. The Hall–Kier alpha value is -2.88. The molecule has 0 fully saturated rings. The van der Waals surface area contributed by atoms with Gasteiger partial charge in [0.1, 0.15) is 23.0 Å². The number of carbonyl (C=O) groups excluding carboxylic acids is 2.